The van der Waals surface area contributed by atoms with Crippen molar-refractivity contribution in [1.82, 2.24) is 25.1 Å². The predicted octanol–water partition coefficient (Wildman–Crippen LogP) is 3.79. The van der Waals surface area contributed by atoms with E-state index in [0.717, 1.165) is 16.0 Å². The summed E-state index contributed by atoms with van der Waals surface area (Å²) in [6, 6.07) is 13.0. The monoisotopic (exact) mass is 642 g/mol. The van der Waals surface area contributed by atoms with Gasteiger partial charge in [0.2, 0.25) is 11.8 Å². The van der Waals surface area contributed by atoms with Crippen molar-refractivity contribution in [3.05, 3.63) is 99.5 Å². The molecule has 4 rings (SSSR count). The first kappa shape index (κ1) is 32.8. The summed E-state index contributed by atoms with van der Waals surface area (Å²) in [4.78, 5) is 62.4. The summed E-state index contributed by atoms with van der Waals surface area (Å²) in [7, 11) is 0. The molecule has 5 amide bonds. The van der Waals surface area contributed by atoms with Crippen LogP contribution in [0.2, 0.25) is 10.0 Å². The number of nitrogens with zero attached hydrogens (tertiary/aromatic N) is 4. The minimum Gasteiger partial charge on any atom is -0.331 e. The quantitative estimate of drug-likeness (QED) is 0.197. The van der Waals surface area contributed by atoms with Crippen molar-refractivity contribution in [2.45, 2.75) is 44.7 Å². The molecule has 2 unspecified atom stereocenters. The summed E-state index contributed by atoms with van der Waals surface area (Å²) in [5.41, 5.74) is 4.10. The number of nitrogens with one attached hydrogen (secondary N) is 1. The molecule has 0 bridgehead atoms. The molecule has 3 N–H and O–H groups in total. The van der Waals surface area contributed by atoms with Gasteiger partial charge in [-0.05, 0) is 67.3 Å². The first-order valence-electron chi connectivity index (χ1n) is 14.1. The fourth-order valence-corrected chi connectivity index (χ4v) is 5.65. The van der Waals surface area contributed by atoms with Crippen LogP contribution in [0.3, 0.4) is 0 Å². The Morgan fingerprint density at radius 3 is 2.41 bits per heavy atom. The number of amides is 5. The highest BCUT2D eigenvalue weighted by atomic mass is 35.5. The Bertz CT molecular complexity index is 1490. The maximum Gasteiger partial charge on any atom is 0.338 e. The number of urea groups is 1. The fraction of sp³-hybridized carbons (Fsp3) is 0.323. The molecule has 1 saturated heterocycles. The number of pyridine rings is 1. The van der Waals surface area contributed by atoms with E-state index in [1.54, 1.807) is 61.7 Å². The van der Waals surface area contributed by atoms with E-state index in [4.69, 9.17) is 29.0 Å². The molecule has 0 saturated carbocycles. The Hall–Kier alpha value is -4.06. The summed E-state index contributed by atoms with van der Waals surface area (Å²) in [5.74, 6) is 3.37. The van der Waals surface area contributed by atoms with E-state index >= 15 is 0 Å². The van der Waals surface area contributed by atoms with Gasteiger partial charge in [0.25, 0.3) is 5.91 Å². The fourth-order valence-electron chi connectivity index (χ4n) is 5.15. The first-order chi connectivity index (χ1) is 21.1. The van der Waals surface area contributed by atoms with Crippen molar-refractivity contribution in [2.24, 2.45) is 5.84 Å². The van der Waals surface area contributed by atoms with E-state index in [1.165, 1.54) is 21.9 Å². The summed E-state index contributed by atoms with van der Waals surface area (Å²) in [6.45, 7) is 1.73. The number of nitrogens with two attached hydrogens (primary N) is 1. The first-order valence-corrected chi connectivity index (χ1v) is 14.8. The number of aromatic nitrogens is 1. The van der Waals surface area contributed by atoms with Gasteiger partial charge in [-0.2, -0.15) is 0 Å². The second-order valence-corrected chi connectivity index (χ2v) is 11.2. The third kappa shape index (κ3) is 8.10. The number of hydrogen-bond acceptors (Lipinski definition) is 6. The van der Waals surface area contributed by atoms with Gasteiger partial charge in [-0.15, -0.1) is 0 Å². The average molecular weight is 644 g/mol. The van der Waals surface area contributed by atoms with E-state index in [0.29, 0.717) is 22.2 Å². The molecule has 232 valence electrons. The van der Waals surface area contributed by atoms with Crippen LogP contribution in [0.4, 0.5) is 9.18 Å². The molecule has 0 radical (unpaired) electrons. The van der Waals surface area contributed by atoms with E-state index in [2.05, 4.69) is 4.98 Å². The zero-order chi connectivity index (χ0) is 31.8. The van der Waals surface area contributed by atoms with Crippen molar-refractivity contribution >= 4 is 47.0 Å². The van der Waals surface area contributed by atoms with Crippen LogP contribution in [0.5, 0.6) is 0 Å². The number of benzene rings is 2. The maximum absolute atomic E-state index is 14.0. The molecule has 13 heteroatoms. The van der Waals surface area contributed by atoms with Crippen LogP contribution in [-0.4, -0.2) is 75.2 Å². The highest BCUT2D eigenvalue weighted by Gasteiger charge is 2.43. The highest BCUT2D eigenvalue weighted by Crippen LogP contribution is 2.25. The van der Waals surface area contributed by atoms with Crippen LogP contribution in [-0.2, 0) is 33.6 Å². The second-order valence-electron chi connectivity index (χ2n) is 10.4. The number of rotatable bonds is 10. The van der Waals surface area contributed by atoms with Crippen molar-refractivity contribution in [2.75, 3.05) is 19.6 Å². The molecule has 0 aliphatic carbocycles. The molecule has 1 aromatic heterocycles. The zero-order valence-electron chi connectivity index (χ0n) is 24.1. The lowest BCUT2D eigenvalue weighted by Gasteiger charge is -2.33. The summed E-state index contributed by atoms with van der Waals surface area (Å²) >= 11 is 12.4. The Kier molecular flexibility index (Phi) is 11.3. The van der Waals surface area contributed by atoms with Crippen LogP contribution in [0, 0.1) is 5.82 Å². The van der Waals surface area contributed by atoms with Gasteiger partial charge in [-0.3, -0.25) is 29.7 Å². The summed E-state index contributed by atoms with van der Waals surface area (Å²) < 4.78 is 13.5. The Morgan fingerprint density at radius 2 is 1.75 bits per heavy atom. The lowest BCUT2D eigenvalue weighted by Crippen LogP contribution is -2.57. The van der Waals surface area contributed by atoms with Gasteiger partial charge in [0.1, 0.15) is 17.9 Å². The third-order valence-electron chi connectivity index (χ3n) is 7.60. The topological polar surface area (TPSA) is 129 Å². The van der Waals surface area contributed by atoms with Crippen molar-refractivity contribution in [3.8, 4) is 0 Å². The Balaban J connectivity index is 1.62. The summed E-state index contributed by atoms with van der Waals surface area (Å²) in [5, 5.41) is 0.907. The van der Waals surface area contributed by atoms with Gasteiger partial charge >= 0.3 is 6.03 Å². The Labute approximate surface area is 264 Å². The molecule has 2 atom stereocenters. The maximum atomic E-state index is 14.0. The SMILES string of the molecule is CC1C(=O)N(CCc2ccc(F)cc2)C(C(=O)N(CCc2ccccn2)C(=O)NN)CC(=O)N1CCc1ccc(Cl)cc1Cl. The molecule has 2 heterocycles. The normalized spacial score (nSPS) is 16.9. The smallest absolute Gasteiger partial charge is 0.331 e. The lowest BCUT2D eigenvalue weighted by molar-refractivity contribution is -0.145. The minimum atomic E-state index is -1.29. The van der Waals surface area contributed by atoms with Crippen molar-refractivity contribution in [3.63, 3.8) is 0 Å². The van der Waals surface area contributed by atoms with Gasteiger partial charge < -0.3 is 9.80 Å². The number of carbonyl (C=O) groups is 4. The standard InChI is InChI=1S/C31H33Cl2FN6O4/c1-20-29(42)39(15-11-21-5-9-24(34)10-6-21)27(19-28(41)38(20)16-12-22-7-8-23(32)18-26(22)33)30(43)40(31(44)37-35)17-13-25-4-2-3-14-36-25/h2-10,14,18,20,27H,11-13,15-17,19,35H2,1H3,(H,37,44). The molecule has 1 aliphatic heterocycles. The van der Waals surface area contributed by atoms with Crippen LogP contribution in [0.1, 0.15) is 30.2 Å². The van der Waals surface area contributed by atoms with Gasteiger partial charge in [0.15, 0.2) is 0 Å². The van der Waals surface area contributed by atoms with Gasteiger partial charge in [-0.1, -0.05) is 47.5 Å². The number of halogens is 3. The minimum absolute atomic E-state index is 0.0493. The van der Waals surface area contributed by atoms with Crippen LogP contribution in [0.25, 0.3) is 0 Å². The van der Waals surface area contributed by atoms with Crippen molar-refractivity contribution < 1.29 is 23.6 Å². The molecule has 1 aliphatic rings. The number of imide groups is 1. The number of hydrazine groups is 1. The molecule has 2 aromatic carbocycles. The summed E-state index contributed by atoms with van der Waals surface area (Å²) in [6.07, 6.45) is 2.10. The second kappa shape index (κ2) is 15.1. The van der Waals surface area contributed by atoms with Crippen LogP contribution < -0.4 is 11.3 Å². The molecular weight excluding hydrogens is 610 g/mol. The van der Waals surface area contributed by atoms with Gasteiger partial charge in [0, 0.05) is 48.0 Å². The zero-order valence-corrected chi connectivity index (χ0v) is 25.6. The molecule has 0 spiro atoms. The molecule has 1 fully saturated rings. The van der Waals surface area contributed by atoms with Gasteiger partial charge in [-0.25, -0.2) is 15.0 Å². The van der Waals surface area contributed by atoms with Crippen LogP contribution in [0.15, 0.2) is 66.9 Å². The number of carbonyl (C=O) groups excluding carboxylic acids is 4. The van der Waals surface area contributed by atoms with Crippen molar-refractivity contribution in [1.29, 1.82) is 0 Å². The highest BCUT2D eigenvalue weighted by molar-refractivity contribution is 6.35. The van der Waals surface area contributed by atoms with E-state index in [9.17, 15) is 23.6 Å². The predicted molar refractivity (Wildman–Crippen MR) is 164 cm³/mol. The van der Waals surface area contributed by atoms with E-state index < -0.39 is 41.7 Å². The van der Waals surface area contributed by atoms with Crippen LogP contribution >= 0.6 is 23.2 Å². The Morgan fingerprint density at radius 1 is 1.02 bits per heavy atom. The lowest BCUT2D eigenvalue weighted by atomic mass is 10.1. The molecule has 10 nitrogen and oxygen atoms in total. The largest absolute Gasteiger partial charge is 0.338 e. The third-order valence-corrected chi connectivity index (χ3v) is 8.19. The van der Waals surface area contributed by atoms with E-state index in [1.807, 2.05) is 5.43 Å². The van der Waals surface area contributed by atoms with Gasteiger partial charge in [0.05, 0.1) is 6.42 Å². The average Bonchev–Trinajstić information content (AvgIpc) is 3.10. The molecule has 44 heavy (non-hydrogen) atoms. The number of hydrogen-bond donors (Lipinski definition) is 2. The molecular formula is C31H33Cl2FN6O4. The molecule has 3 aromatic rings. The van der Waals surface area contributed by atoms with E-state index in [-0.39, 0.29) is 38.9 Å².